The second kappa shape index (κ2) is 12.3. The normalized spacial score (nSPS) is 12.2. The van der Waals surface area contributed by atoms with Gasteiger partial charge in [-0.25, -0.2) is 0 Å². The SMILES string of the molecule is Cc1cccc(C(c2ccccc2C)c2cc3c4cc(N(c5cccc(C)c5)c5ccccc5C)c5ccccc5c4oc3c3ccccc23)c1. The Morgan fingerprint density at radius 1 is 0.412 bits per heavy atom. The predicted octanol–water partition coefficient (Wildman–Crippen LogP) is 13.8. The van der Waals surface area contributed by atoms with Crippen LogP contribution in [0.4, 0.5) is 17.1 Å². The number of anilines is 3. The van der Waals surface area contributed by atoms with Crippen molar-refractivity contribution in [2.45, 2.75) is 33.6 Å². The minimum atomic E-state index is 0.0426. The number of nitrogens with zero attached hydrogens (tertiary/aromatic N) is 1. The van der Waals surface area contributed by atoms with Crippen LogP contribution in [0.15, 0.2) is 162 Å². The average Bonchev–Trinajstić information content (AvgIpc) is 3.52. The number of rotatable bonds is 6. The van der Waals surface area contributed by atoms with Gasteiger partial charge in [-0.1, -0.05) is 133 Å². The van der Waals surface area contributed by atoms with E-state index >= 15 is 0 Å². The first-order chi connectivity index (χ1) is 25.0. The Bertz CT molecular complexity index is 2580. The first-order valence-electron chi connectivity index (χ1n) is 17.8. The van der Waals surface area contributed by atoms with E-state index in [4.69, 9.17) is 4.42 Å². The van der Waals surface area contributed by atoms with Crippen LogP contribution in [0.1, 0.15) is 44.9 Å². The largest absolute Gasteiger partial charge is 0.455 e. The van der Waals surface area contributed by atoms with Gasteiger partial charge < -0.3 is 9.32 Å². The number of hydrogen-bond donors (Lipinski definition) is 0. The molecule has 0 N–H and O–H groups in total. The lowest BCUT2D eigenvalue weighted by atomic mass is 9.80. The summed E-state index contributed by atoms with van der Waals surface area (Å²) in [6, 6.07) is 57.6. The Morgan fingerprint density at radius 3 is 1.71 bits per heavy atom. The lowest BCUT2D eigenvalue weighted by Crippen LogP contribution is -2.12. The molecule has 0 amide bonds. The molecule has 0 saturated carbocycles. The summed E-state index contributed by atoms with van der Waals surface area (Å²) >= 11 is 0. The Kier molecular flexibility index (Phi) is 7.47. The first-order valence-corrected chi connectivity index (χ1v) is 17.8. The van der Waals surface area contributed by atoms with Crippen LogP contribution in [0.2, 0.25) is 0 Å². The van der Waals surface area contributed by atoms with Crippen LogP contribution in [0, 0.1) is 27.7 Å². The summed E-state index contributed by atoms with van der Waals surface area (Å²) in [5.41, 5.74) is 14.1. The standard InChI is InChI=1S/C49H39NO/c1-31-15-13-19-35(27-31)47(37-21-7-5-17-33(37)3)42-29-43-44-30-46(50(36-20-14-16-32(2)28-36)45-26-12-6-18-34(45)4)39-23-9-11-25-41(39)49(44)51-48(43)40-24-10-8-22-38(40)42/h5-30,47H,1-4H3. The molecule has 0 spiro atoms. The number of para-hydroxylation sites is 1. The zero-order valence-electron chi connectivity index (χ0n) is 29.4. The lowest BCUT2D eigenvalue weighted by molar-refractivity contribution is 0.676. The molecular weight excluding hydrogens is 619 g/mol. The van der Waals surface area contributed by atoms with Crippen molar-refractivity contribution in [3.63, 3.8) is 0 Å². The van der Waals surface area contributed by atoms with Crippen LogP contribution in [0.5, 0.6) is 0 Å². The minimum Gasteiger partial charge on any atom is -0.455 e. The average molecular weight is 658 g/mol. The smallest absolute Gasteiger partial charge is 0.143 e. The highest BCUT2D eigenvalue weighted by Gasteiger charge is 2.26. The van der Waals surface area contributed by atoms with Crippen LogP contribution in [0.3, 0.4) is 0 Å². The molecule has 9 rings (SSSR count). The highest BCUT2D eigenvalue weighted by molar-refractivity contribution is 6.23. The van der Waals surface area contributed by atoms with Gasteiger partial charge in [-0.3, -0.25) is 0 Å². The molecule has 9 aromatic rings. The van der Waals surface area contributed by atoms with Gasteiger partial charge in [0.1, 0.15) is 11.2 Å². The second-order valence-electron chi connectivity index (χ2n) is 14.0. The number of furan rings is 1. The Hall–Kier alpha value is -6.12. The zero-order chi connectivity index (χ0) is 34.6. The summed E-state index contributed by atoms with van der Waals surface area (Å²) in [7, 11) is 0. The van der Waals surface area contributed by atoms with Crippen LogP contribution in [-0.4, -0.2) is 0 Å². The second-order valence-corrected chi connectivity index (χ2v) is 14.0. The maximum Gasteiger partial charge on any atom is 0.143 e. The third-order valence-corrected chi connectivity index (χ3v) is 10.5. The zero-order valence-corrected chi connectivity index (χ0v) is 29.4. The molecule has 0 bridgehead atoms. The molecule has 0 aliphatic carbocycles. The topological polar surface area (TPSA) is 16.4 Å². The highest BCUT2D eigenvalue weighted by Crippen LogP contribution is 2.48. The van der Waals surface area contributed by atoms with Crippen molar-refractivity contribution >= 4 is 60.5 Å². The van der Waals surface area contributed by atoms with E-state index in [1.807, 2.05) is 0 Å². The maximum atomic E-state index is 7.04. The van der Waals surface area contributed by atoms with Crippen molar-refractivity contribution in [2.75, 3.05) is 4.90 Å². The molecule has 0 saturated heterocycles. The fourth-order valence-electron chi connectivity index (χ4n) is 8.13. The van der Waals surface area contributed by atoms with Crippen LogP contribution in [-0.2, 0) is 0 Å². The molecule has 0 radical (unpaired) electrons. The Morgan fingerprint density at radius 2 is 1.00 bits per heavy atom. The molecule has 8 aromatic carbocycles. The van der Waals surface area contributed by atoms with Gasteiger partial charge in [0.05, 0.1) is 5.69 Å². The quantitative estimate of drug-likeness (QED) is 0.165. The van der Waals surface area contributed by atoms with Gasteiger partial charge in [0.2, 0.25) is 0 Å². The van der Waals surface area contributed by atoms with E-state index in [0.717, 1.165) is 55.2 Å². The van der Waals surface area contributed by atoms with Gasteiger partial charge in [-0.05, 0) is 96.8 Å². The first kappa shape index (κ1) is 30.9. The van der Waals surface area contributed by atoms with E-state index in [9.17, 15) is 0 Å². The van der Waals surface area contributed by atoms with E-state index < -0.39 is 0 Å². The monoisotopic (exact) mass is 657 g/mol. The summed E-state index contributed by atoms with van der Waals surface area (Å²) in [5.74, 6) is 0.0426. The molecule has 2 heteroatoms. The van der Waals surface area contributed by atoms with Crippen molar-refractivity contribution < 1.29 is 4.42 Å². The predicted molar refractivity (Wildman–Crippen MR) is 216 cm³/mol. The maximum absolute atomic E-state index is 7.04. The molecule has 0 aliphatic rings. The van der Waals surface area contributed by atoms with Crippen molar-refractivity contribution in [3.8, 4) is 0 Å². The molecule has 246 valence electrons. The van der Waals surface area contributed by atoms with Crippen LogP contribution < -0.4 is 4.90 Å². The third kappa shape index (κ3) is 5.18. The molecule has 1 atom stereocenters. The molecule has 1 heterocycles. The highest BCUT2D eigenvalue weighted by atomic mass is 16.3. The fraction of sp³-hybridized carbons (Fsp3) is 0.102. The van der Waals surface area contributed by atoms with Gasteiger partial charge in [0.25, 0.3) is 0 Å². The van der Waals surface area contributed by atoms with E-state index in [1.54, 1.807) is 0 Å². The summed E-state index contributed by atoms with van der Waals surface area (Å²) < 4.78 is 7.04. The van der Waals surface area contributed by atoms with Crippen molar-refractivity contribution in [1.82, 2.24) is 0 Å². The summed E-state index contributed by atoms with van der Waals surface area (Å²) in [4.78, 5) is 2.42. The Balaban J connectivity index is 1.41. The van der Waals surface area contributed by atoms with Crippen molar-refractivity contribution in [3.05, 3.63) is 197 Å². The van der Waals surface area contributed by atoms with Gasteiger partial charge in [0, 0.05) is 44.2 Å². The van der Waals surface area contributed by atoms with Gasteiger partial charge >= 0.3 is 0 Å². The number of fused-ring (bicyclic) bond motifs is 7. The van der Waals surface area contributed by atoms with E-state index in [0.29, 0.717) is 0 Å². The van der Waals surface area contributed by atoms with Gasteiger partial charge in [-0.2, -0.15) is 0 Å². The molecule has 2 nitrogen and oxygen atoms in total. The number of aryl methyl sites for hydroxylation is 4. The summed E-state index contributed by atoms with van der Waals surface area (Å²) in [5, 5.41) is 6.84. The Labute approximate surface area is 299 Å². The number of benzene rings is 8. The minimum absolute atomic E-state index is 0.0426. The van der Waals surface area contributed by atoms with E-state index in [1.165, 1.54) is 44.3 Å². The van der Waals surface area contributed by atoms with Crippen LogP contribution >= 0.6 is 0 Å². The summed E-state index contributed by atoms with van der Waals surface area (Å²) in [6.07, 6.45) is 0. The third-order valence-electron chi connectivity index (χ3n) is 10.5. The van der Waals surface area contributed by atoms with Gasteiger partial charge in [0.15, 0.2) is 0 Å². The number of hydrogen-bond acceptors (Lipinski definition) is 2. The van der Waals surface area contributed by atoms with E-state index in [-0.39, 0.29) is 5.92 Å². The van der Waals surface area contributed by atoms with Crippen LogP contribution in [0.25, 0.3) is 43.5 Å². The molecule has 0 aliphatic heterocycles. The molecule has 1 unspecified atom stereocenters. The lowest BCUT2D eigenvalue weighted by Gasteiger charge is -2.28. The molecular formula is C49H39NO. The van der Waals surface area contributed by atoms with E-state index in [2.05, 4.69) is 190 Å². The summed E-state index contributed by atoms with van der Waals surface area (Å²) in [6.45, 7) is 8.78. The van der Waals surface area contributed by atoms with Gasteiger partial charge in [-0.15, -0.1) is 0 Å². The van der Waals surface area contributed by atoms with Crippen molar-refractivity contribution in [1.29, 1.82) is 0 Å². The molecule has 1 aromatic heterocycles. The molecule has 0 fully saturated rings. The van der Waals surface area contributed by atoms with Crippen molar-refractivity contribution in [2.24, 2.45) is 0 Å². The fourth-order valence-corrected chi connectivity index (χ4v) is 8.13. The molecule has 51 heavy (non-hydrogen) atoms.